The molecule has 14 heteroatoms. The highest BCUT2D eigenvalue weighted by Crippen LogP contribution is 2.27. The molecule has 0 bridgehead atoms. The zero-order valence-electron chi connectivity index (χ0n) is 19.4. The maximum atomic E-state index is 12.7. The minimum absolute atomic E-state index is 0.0563. The second-order valence-corrected chi connectivity index (χ2v) is 11.7. The first-order valence-electron chi connectivity index (χ1n) is 11.0. The van der Waals surface area contributed by atoms with Crippen LogP contribution < -0.4 is 10.0 Å². The van der Waals surface area contributed by atoms with Gasteiger partial charge in [0, 0.05) is 27.9 Å². The molecule has 0 saturated carbocycles. The lowest BCUT2D eigenvalue weighted by Crippen LogP contribution is -2.15. The summed E-state index contributed by atoms with van der Waals surface area (Å²) in [6, 6.07) is 16.8. The van der Waals surface area contributed by atoms with E-state index in [4.69, 9.17) is 16.0 Å². The van der Waals surface area contributed by atoms with Crippen molar-refractivity contribution >= 4 is 61.4 Å². The fourth-order valence-corrected chi connectivity index (χ4v) is 6.05. The van der Waals surface area contributed by atoms with Crippen LogP contribution in [0.3, 0.4) is 0 Å². The van der Waals surface area contributed by atoms with E-state index in [-0.39, 0.29) is 21.7 Å². The third-order valence-electron chi connectivity index (χ3n) is 5.15. The highest BCUT2D eigenvalue weighted by Gasteiger charge is 2.18. The molecule has 0 unspecified atom stereocenters. The third kappa shape index (κ3) is 6.25. The molecule has 2 aromatic carbocycles. The third-order valence-corrected chi connectivity index (χ3v) is 8.54. The zero-order chi connectivity index (χ0) is 26.5. The molecule has 0 aliphatic carbocycles. The summed E-state index contributed by atoms with van der Waals surface area (Å²) in [7, 11) is -3.78. The first-order valence-corrected chi connectivity index (χ1v) is 14.8. The van der Waals surface area contributed by atoms with Gasteiger partial charge < -0.3 is 9.73 Å². The van der Waals surface area contributed by atoms with Crippen molar-refractivity contribution in [3.63, 3.8) is 0 Å². The maximum Gasteiger partial charge on any atom is 0.263 e. The van der Waals surface area contributed by atoms with Crippen molar-refractivity contribution in [3.05, 3.63) is 89.3 Å². The van der Waals surface area contributed by atoms with E-state index in [2.05, 4.69) is 25.2 Å². The molecule has 0 aliphatic heterocycles. The van der Waals surface area contributed by atoms with Crippen LogP contribution >= 0.6 is 34.7 Å². The lowest BCUT2D eigenvalue weighted by Gasteiger charge is -2.10. The summed E-state index contributed by atoms with van der Waals surface area (Å²) < 4.78 is 34.8. The van der Waals surface area contributed by atoms with E-state index in [1.807, 2.05) is 22.8 Å². The predicted molar refractivity (Wildman–Crippen MR) is 147 cm³/mol. The van der Waals surface area contributed by atoms with Crippen LogP contribution in [0.5, 0.6) is 0 Å². The van der Waals surface area contributed by atoms with Gasteiger partial charge in [0.2, 0.25) is 5.91 Å². The Morgan fingerprint density at radius 3 is 2.55 bits per heavy atom. The topological polar surface area (TPSA) is 132 Å². The Kier molecular flexibility index (Phi) is 7.79. The van der Waals surface area contributed by atoms with E-state index in [0.717, 1.165) is 5.56 Å². The Labute approximate surface area is 231 Å². The molecule has 194 valence electrons. The summed E-state index contributed by atoms with van der Waals surface area (Å²) in [6.07, 6.45) is 3.10. The molecule has 0 aliphatic rings. The number of hydrogen-bond donors (Lipinski definition) is 2. The van der Waals surface area contributed by atoms with Crippen molar-refractivity contribution in [2.45, 2.75) is 16.6 Å². The first kappa shape index (κ1) is 26.0. The molecule has 2 N–H and O–H groups in total. The van der Waals surface area contributed by atoms with Crippen molar-refractivity contribution in [1.29, 1.82) is 0 Å². The number of rotatable bonds is 10. The number of halogens is 1. The normalized spacial score (nSPS) is 11.4. The van der Waals surface area contributed by atoms with Crippen LogP contribution in [0.4, 0.5) is 10.8 Å². The molecule has 0 radical (unpaired) electrons. The van der Waals surface area contributed by atoms with Gasteiger partial charge in [0.25, 0.3) is 10.0 Å². The summed E-state index contributed by atoms with van der Waals surface area (Å²) in [6.45, 7) is 0.382. The van der Waals surface area contributed by atoms with Crippen LogP contribution in [0.2, 0.25) is 5.02 Å². The number of sulfonamides is 1. The number of thioether (sulfide) groups is 1. The van der Waals surface area contributed by atoms with E-state index in [0.29, 0.717) is 34.0 Å². The molecule has 5 rings (SSSR count). The quantitative estimate of drug-likeness (QED) is 0.213. The Morgan fingerprint density at radius 2 is 1.87 bits per heavy atom. The zero-order valence-corrected chi connectivity index (χ0v) is 22.6. The molecule has 0 fully saturated rings. The largest absolute Gasteiger partial charge is 0.467 e. The van der Waals surface area contributed by atoms with Crippen molar-refractivity contribution in [3.8, 4) is 11.4 Å². The molecule has 10 nitrogen and oxygen atoms in total. The second-order valence-electron chi connectivity index (χ2n) is 7.78. The number of amides is 1. The molecule has 3 aromatic heterocycles. The SMILES string of the molecule is O=C(CSc1nnc(-c2ccc(Cl)cc2)n1Cc1ccco1)Nc1ccc(S(=O)(=O)Nc2nccs2)cc1. The Bertz CT molecular complexity index is 1620. The Balaban J connectivity index is 1.25. The van der Waals surface area contributed by atoms with Crippen LogP contribution in [0.25, 0.3) is 11.4 Å². The van der Waals surface area contributed by atoms with Gasteiger partial charge in [-0.25, -0.2) is 13.4 Å². The monoisotopic (exact) mass is 586 g/mol. The summed E-state index contributed by atoms with van der Waals surface area (Å²) in [4.78, 5) is 16.6. The van der Waals surface area contributed by atoms with Crippen molar-refractivity contribution in [2.24, 2.45) is 0 Å². The fourth-order valence-electron chi connectivity index (χ4n) is 3.40. The van der Waals surface area contributed by atoms with Crippen LogP contribution in [0.1, 0.15) is 5.76 Å². The molecule has 0 atom stereocenters. The number of aromatic nitrogens is 4. The van der Waals surface area contributed by atoms with Crippen LogP contribution in [0, 0.1) is 0 Å². The van der Waals surface area contributed by atoms with Gasteiger partial charge >= 0.3 is 0 Å². The molecule has 5 aromatic rings. The van der Waals surface area contributed by atoms with Crippen molar-refractivity contribution in [1.82, 2.24) is 19.7 Å². The molecule has 0 saturated heterocycles. The van der Waals surface area contributed by atoms with Gasteiger partial charge in [0.15, 0.2) is 16.1 Å². The summed E-state index contributed by atoms with van der Waals surface area (Å²) in [5.74, 6) is 1.10. The minimum Gasteiger partial charge on any atom is -0.467 e. The number of carbonyl (C=O) groups excluding carboxylic acids is 1. The minimum atomic E-state index is -3.78. The number of benzene rings is 2. The number of thiazole rings is 1. The highest BCUT2D eigenvalue weighted by atomic mass is 35.5. The maximum absolute atomic E-state index is 12.7. The van der Waals surface area contributed by atoms with Gasteiger partial charge in [-0.3, -0.25) is 14.1 Å². The summed E-state index contributed by atoms with van der Waals surface area (Å²) in [5.41, 5.74) is 1.28. The smallest absolute Gasteiger partial charge is 0.263 e. The van der Waals surface area contributed by atoms with Gasteiger partial charge in [-0.15, -0.1) is 21.5 Å². The molecule has 0 spiro atoms. The molecule has 1 amide bonds. The average Bonchev–Trinajstić information content (AvgIpc) is 3.67. The lowest BCUT2D eigenvalue weighted by molar-refractivity contribution is -0.113. The number of carbonyl (C=O) groups is 1. The molecular weight excluding hydrogens is 568 g/mol. The highest BCUT2D eigenvalue weighted by molar-refractivity contribution is 7.99. The summed E-state index contributed by atoms with van der Waals surface area (Å²) >= 11 is 8.43. The van der Waals surface area contributed by atoms with Gasteiger partial charge in [0.05, 0.1) is 23.5 Å². The number of anilines is 2. The second kappa shape index (κ2) is 11.4. The lowest BCUT2D eigenvalue weighted by atomic mass is 10.2. The van der Waals surface area contributed by atoms with Crippen LogP contribution in [0.15, 0.2) is 93.0 Å². The standard InChI is InChI=1S/C24H19ClN6O4S3/c25-17-5-3-16(4-6-17)22-28-29-24(31(22)14-19-2-1-12-35-19)37-15-21(32)27-18-7-9-20(10-8-18)38(33,34)30-23-26-11-13-36-23/h1-13H,14-15H2,(H,26,30)(H,27,32). The first-order chi connectivity index (χ1) is 18.4. The summed E-state index contributed by atoms with van der Waals surface area (Å²) in [5, 5.41) is 14.5. The van der Waals surface area contributed by atoms with Crippen LogP contribution in [-0.2, 0) is 21.4 Å². The number of nitrogens with one attached hydrogen (secondary N) is 2. The van der Waals surface area contributed by atoms with E-state index >= 15 is 0 Å². The van der Waals surface area contributed by atoms with Gasteiger partial charge in [0.1, 0.15) is 5.76 Å². The van der Waals surface area contributed by atoms with Gasteiger partial charge in [-0.05, 0) is 60.7 Å². The average molecular weight is 587 g/mol. The van der Waals surface area contributed by atoms with E-state index < -0.39 is 10.0 Å². The van der Waals surface area contributed by atoms with Crippen molar-refractivity contribution in [2.75, 3.05) is 15.8 Å². The van der Waals surface area contributed by atoms with E-state index in [1.165, 1.54) is 53.6 Å². The Hall–Kier alpha value is -3.65. The number of furan rings is 1. The molecule has 38 heavy (non-hydrogen) atoms. The van der Waals surface area contributed by atoms with E-state index in [1.54, 1.807) is 29.8 Å². The van der Waals surface area contributed by atoms with Gasteiger partial charge in [-0.1, -0.05) is 23.4 Å². The fraction of sp³-hybridized carbons (Fsp3) is 0.0833. The number of nitrogens with zero attached hydrogens (tertiary/aromatic N) is 4. The van der Waals surface area contributed by atoms with E-state index in [9.17, 15) is 13.2 Å². The van der Waals surface area contributed by atoms with Crippen LogP contribution in [-0.4, -0.2) is 39.8 Å². The molecule has 3 heterocycles. The van der Waals surface area contributed by atoms with Crippen molar-refractivity contribution < 1.29 is 17.6 Å². The van der Waals surface area contributed by atoms with Gasteiger partial charge in [-0.2, -0.15) is 0 Å². The number of hydrogen-bond acceptors (Lipinski definition) is 9. The predicted octanol–water partition coefficient (Wildman–Crippen LogP) is 5.23. The molecular formula is C24H19ClN6O4S3. The Morgan fingerprint density at radius 1 is 1.08 bits per heavy atom.